The van der Waals surface area contributed by atoms with E-state index in [-0.39, 0.29) is 35.5 Å². The molecule has 1 saturated heterocycles. The number of nitrogens with one attached hydrogen (secondary N) is 1. The zero-order valence-electron chi connectivity index (χ0n) is 24.0. The molecule has 5 fully saturated rings. The van der Waals surface area contributed by atoms with Crippen LogP contribution in [0.25, 0.3) is 22.3 Å². The number of fused-ring (bicyclic) bond motifs is 5. The summed E-state index contributed by atoms with van der Waals surface area (Å²) in [6.07, 6.45) is -0.422. The number of rotatable bonds is 2. The van der Waals surface area contributed by atoms with Crippen LogP contribution in [0, 0.1) is 23.2 Å². The Balaban J connectivity index is 1.05. The smallest absolute Gasteiger partial charge is 0.388 e. The van der Waals surface area contributed by atoms with Crippen molar-refractivity contribution in [2.75, 3.05) is 24.7 Å². The maximum Gasteiger partial charge on any atom is 0.472 e. The lowest BCUT2D eigenvalue weighted by Crippen LogP contribution is -2.41. The van der Waals surface area contributed by atoms with Crippen molar-refractivity contribution in [3.05, 3.63) is 29.3 Å². The molecule has 23 heteroatoms. The van der Waals surface area contributed by atoms with Crippen LogP contribution in [-0.4, -0.2) is 96.7 Å². The molecule has 4 aromatic heterocycles. The van der Waals surface area contributed by atoms with E-state index in [1.54, 1.807) is 4.57 Å². The fourth-order valence-corrected chi connectivity index (χ4v) is 10.9. The summed E-state index contributed by atoms with van der Waals surface area (Å²) in [4.78, 5) is 57.9. The predicted molar refractivity (Wildman–Crippen MR) is 161 cm³/mol. The second kappa shape index (κ2) is 9.60. The fraction of sp³-hybridized carbons (Fsp3) is 0.583. The summed E-state index contributed by atoms with van der Waals surface area (Å²) < 4.78 is 39.7. The van der Waals surface area contributed by atoms with Crippen molar-refractivity contribution in [1.82, 2.24) is 39.0 Å². The number of phosphoric acid groups is 1. The van der Waals surface area contributed by atoms with Gasteiger partial charge in [-0.05, 0) is 36.5 Å². The molecule has 0 radical (unpaired) electrons. The highest BCUT2D eigenvalue weighted by Crippen LogP contribution is 2.73. The van der Waals surface area contributed by atoms with E-state index in [9.17, 15) is 29.4 Å². The summed E-state index contributed by atoms with van der Waals surface area (Å²) in [6.45, 7) is -4.83. The second-order valence-corrected chi connectivity index (χ2v) is 17.1. The molecule has 12 atom stereocenters. The normalized spacial score (nSPS) is 44.3. The van der Waals surface area contributed by atoms with E-state index in [0.29, 0.717) is 24.0 Å². The Labute approximate surface area is 267 Å². The summed E-state index contributed by atoms with van der Waals surface area (Å²) in [6, 6.07) is -0.832. The van der Waals surface area contributed by atoms with Gasteiger partial charge in [0, 0.05) is 11.3 Å². The Kier molecular flexibility index (Phi) is 6.16. The van der Waals surface area contributed by atoms with Crippen LogP contribution in [0.1, 0.15) is 18.9 Å². The van der Waals surface area contributed by atoms with Gasteiger partial charge >= 0.3 is 14.5 Å². The van der Waals surface area contributed by atoms with Crippen LogP contribution in [0.5, 0.6) is 0 Å². The third kappa shape index (κ3) is 4.16. The number of nitrogen functional groups attached to an aromatic ring is 2. The third-order valence-electron chi connectivity index (χ3n) is 10.6. The average Bonchev–Trinajstić information content (AvgIpc) is 3.72. The lowest BCUT2D eigenvalue weighted by molar-refractivity contribution is -0.0530. The molecule has 47 heavy (non-hydrogen) atoms. The summed E-state index contributed by atoms with van der Waals surface area (Å²) in [7, 11) is -4.87. The molecule has 4 saturated carbocycles. The SMILES string of the molecule is Nc1nc2c(ncn2[C@H]2[C@H](O)[C@@H]3OP(=O)(O)OC[C@@H]4[C@@H](OP(O)(=S)OC[C@@]35C[C@H]25)[C@@H](O)C2(n3cnc5c(N)ncnc53)C[C@@H]42)c(=O)[nH]1. The van der Waals surface area contributed by atoms with Gasteiger partial charge in [-0.15, -0.1) is 0 Å². The lowest BCUT2D eigenvalue weighted by Gasteiger charge is -2.34. The molecule has 5 aliphatic rings. The molecule has 1 spiro atoms. The first kappa shape index (κ1) is 30.1. The van der Waals surface area contributed by atoms with Crippen LogP contribution in [0.2, 0.25) is 0 Å². The molecule has 4 aliphatic carbocycles. The minimum absolute atomic E-state index is 0.0135. The number of imidazole rings is 2. The molecule has 5 heterocycles. The number of aliphatic hydroxyl groups is 2. The van der Waals surface area contributed by atoms with Crippen LogP contribution >= 0.6 is 14.5 Å². The zero-order valence-corrected chi connectivity index (χ0v) is 26.6. The first-order chi connectivity index (χ1) is 22.3. The third-order valence-corrected chi connectivity index (χ3v) is 13.1. The number of nitrogens with zero attached hydrogens (tertiary/aromatic N) is 7. The number of H-pyrrole nitrogens is 1. The molecular weight excluding hydrogens is 682 g/mol. The van der Waals surface area contributed by atoms with Crippen molar-refractivity contribution >= 4 is 60.4 Å². The number of nitrogens with two attached hydrogens (primary N) is 2. The summed E-state index contributed by atoms with van der Waals surface area (Å²) >= 11 is 5.42. The van der Waals surface area contributed by atoms with Gasteiger partial charge in [0.25, 0.3) is 5.56 Å². The molecule has 4 aromatic rings. The topological polar surface area (TPSA) is 294 Å². The van der Waals surface area contributed by atoms with E-state index in [1.165, 1.54) is 23.5 Å². The molecule has 250 valence electrons. The lowest BCUT2D eigenvalue weighted by atomic mass is 10.0. The van der Waals surface area contributed by atoms with Gasteiger partial charge in [-0.1, -0.05) is 0 Å². The quantitative estimate of drug-likeness (QED) is 0.121. The molecule has 3 unspecified atom stereocenters. The molecule has 0 bridgehead atoms. The van der Waals surface area contributed by atoms with E-state index in [4.69, 9.17) is 41.4 Å². The van der Waals surface area contributed by atoms with Crippen molar-refractivity contribution in [2.24, 2.45) is 23.2 Å². The number of hydrogen-bond donors (Lipinski definition) is 7. The van der Waals surface area contributed by atoms with E-state index in [2.05, 4.69) is 29.9 Å². The average molecular weight is 711 g/mol. The molecular formula is C24H28N10O10P2S. The van der Waals surface area contributed by atoms with Gasteiger partial charge in [-0.3, -0.25) is 18.8 Å². The molecule has 0 aromatic carbocycles. The van der Waals surface area contributed by atoms with Crippen molar-refractivity contribution in [2.45, 2.75) is 48.8 Å². The van der Waals surface area contributed by atoms with Gasteiger partial charge in [0.1, 0.15) is 36.3 Å². The van der Waals surface area contributed by atoms with Crippen molar-refractivity contribution < 1.29 is 42.7 Å². The predicted octanol–water partition coefficient (Wildman–Crippen LogP) is -1.11. The Hall–Kier alpha value is -2.94. The van der Waals surface area contributed by atoms with Gasteiger partial charge in [-0.25, -0.2) is 24.5 Å². The molecule has 0 amide bonds. The minimum atomic E-state index is -4.87. The van der Waals surface area contributed by atoms with E-state index < -0.39 is 80.0 Å². The standard InChI is InChI=1S/C24H28N10O10P2S/c25-18-11-19(28-5-27-18)34(7-30-11)24-2-9(24)8-3-41-45(38,39)44-17-14(35)13(33-6-29-12-20(33)31-22(26)32-21(12)37)10-1-23(10,17)4-42-46(40,47)43-15(8)16(24)36/h5-10,13-17,35-36H,1-4H2,(H,38,39)(H,40,47)(H2,25,27,28)(H3,26,31,32,37)/t8-,9-,10+,13+,14-,15+,16+,17-,23+,24?,46?/m0/s1. The Morgan fingerprint density at radius 2 is 1.81 bits per heavy atom. The van der Waals surface area contributed by atoms with E-state index >= 15 is 0 Å². The molecule has 9 rings (SSSR count). The minimum Gasteiger partial charge on any atom is -0.388 e. The molecule has 20 nitrogen and oxygen atoms in total. The van der Waals surface area contributed by atoms with Crippen molar-refractivity contribution in [1.29, 1.82) is 0 Å². The van der Waals surface area contributed by atoms with Crippen LogP contribution in [0.4, 0.5) is 11.8 Å². The van der Waals surface area contributed by atoms with Crippen LogP contribution in [0.3, 0.4) is 0 Å². The van der Waals surface area contributed by atoms with Crippen LogP contribution in [0.15, 0.2) is 23.8 Å². The number of anilines is 2. The highest BCUT2D eigenvalue weighted by Gasteiger charge is 2.76. The second-order valence-electron chi connectivity index (χ2n) is 12.9. The maximum absolute atomic E-state index is 13.5. The van der Waals surface area contributed by atoms with E-state index in [0.717, 1.165) is 0 Å². The van der Waals surface area contributed by atoms with Crippen molar-refractivity contribution in [3.8, 4) is 0 Å². The number of hydrogen-bond acceptors (Lipinski definition) is 16. The number of aromatic nitrogens is 8. The first-order valence-corrected chi connectivity index (χ1v) is 18.7. The van der Waals surface area contributed by atoms with Gasteiger partial charge < -0.3 is 49.6 Å². The molecule has 1 aliphatic heterocycles. The number of aromatic amines is 1. The summed E-state index contributed by atoms with van der Waals surface area (Å²) in [5.41, 5.74) is 9.82. The number of aliphatic hydroxyl groups excluding tert-OH is 2. The Morgan fingerprint density at radius 1 is 1.02 bits per heavy atom. The van der Waals surface area contributed by atoms with Crippen LogP contribution in [-0.2, 0) is 40.0 Å². The van der Waals surface area contributed by atoms with E-state index in [1.807, 2.05) is 0 Å². The number of phosphoric ester groups is 1. The largest absolute Gasteiger partial charge is 0.472 e. The Bertz CT molecular complexity index is 2150. The summed E-state index contributed by atoms with van der Waals surface area (Å²) in [5.74, 6) is -1.59. The van der Waals surface area contributed by atoms with Gasteiger partial charge in [0.15, 0.2) is 22.6 Å². The van der Waals surface area contributed by atoms with Gasteiger partial charge in [-0.2, -0.15) is 4.98 Å². The highest BCUT2D eigenvalue weighted by atomic mass is 32.5. The zero-order chi connectivity index (χ0) is 32.8. The monoisotopic (exact) mass is 710 g/mol. The Morgan fingerprint density at radius 3 is 2.62 bits per heavy atom. The van der Waals surface area contributed by atoms with Crippen LogP contribution < -0.4 is 17.0 Å². The highest BCUT2D eigenvalue weighted by molar-refractivity contribution is 8.07. The summed E-state index contributed by atoms with van der Waals surface area (Å²) in [5, 5.41) is 23.3. The maximum atomic E-state index is 13.5. The van der Waals surface area contributed by atoms with Gasteiger partial charge in [0.2, 0.25) is 5.95 Å². The van der Waals surface area contributed by atoms with Gasteiger partial charge in [0.05, 0.1) is 37.4 Å². The fourth-order valence-electron chi connectivity index (χ4n) is 8.40. The van der Waals surface area contributed by atoms with Crippen molar-refractivity contribution in [3.63, 3.8) is 0 Å². The first-order valence-electron chi connectivity index (χ1n) is 14.6. The molecule has 9 N–H and O–H groups in total.